The summed E-state index contributed by atoms with van der Waals surface area (Å²) in [5.74, 6) is 0. The Balaban J connectivity index is 2.75. The van der Waals surface area contributed by atoms with Crippen molar-refractivity contribution in [2.75, 3.05) is 6.54 Å². The molecule has 0 aliphatic rings. The van der Waals surface area contributed by atoms with Gasteiger partial charge in [0.05, 0.1) is 17.2 Å². The molecule has 2 N–H and O–H groups in total. The molecule has 5 heteroatoms. The lowest BCUT2D eigenvalue weighted by molar-refractivity contribution is 0.673. The lowest BCUT2D eigenvalue weighted by Crippen LogP contribution is -2.24. The van der Waals surface area contributed by atoms with E-state index in [0.717, 1.165) is 4.47 Å². The molecule has 0 aliphatic heterocycles. The van der Waals surface area contributed by atoms with Crippen molar-refractivity contribution in [2.45, 2.75) is 6.54 Å². The second kappa shape index (κ2) is 4.12. The summed E-state index contributed by atoms with van der Waals surface area (Å²) in [6, 6.07) is 5.45. The van der Waals surface area contributed by atoms with Crippen LogP contribution in [0.5, 0.6) is 0 Å². The van der Waals surface area contributed by atoms with Gasteiger partial charge in [0.15, 0.2) is 0 Å². The molecule has 0 spiro atoms. The number of halogens is 1. The fourth-order valence-electron chi connectivity index (χ4n) is 1.45. The molecule has 2 rings (SSSR count). The fourth-order valence-corrected chi connectivity index (χ4v) is 1.92. The van der Waals surface area contributed by atoms with Crippen LogP contribution in [0.3, 0.4) is 0 Å². The first-order valence-electron chi connectivity index (χ1n) is 4.58. The van der Waals surface area contributed by atoms with Crippen LogP contribution in [0.15, 0.2) is 33.8 Å². The highest BCUT2D eigenvalue weighted by Gasteiger charge is 2.05. The third-order valence-corrected chi connectivity index (χ3v) is 2.81. The molecule has 0 fully saturated rings. The molecule has 0 atom stereocenters. The third-order valence-electron chi connectivity index (χ3n) is 2.17. The molecule has 15 heavy (non-hydrogen) atoms. The largest absolute Gasteiger partial charge is 0.329 e. The van der Waals surface area contributed by atoms with Crippen LogP contribution in [0.1, 0.15) is 0 Å². The Morgan fingerprint density at radius 3 is 3.00 bits per heavy atom. The van der Waals surface area contributed by atoms with Crippen LogP contribution >= 0.6 is 15.9 Å². The van der Waals surface area contributed by atoms with E-state index in [1.165, 1.54) is 10.9 Å². The molecule has 0 saturated carbocycles. The molecular weight excluding hydrogens is 258 g/mol. The molecule has 78 valence electrons. The quantitative estimate of drug-likeness (QED) is 0.887. The summed E-state index contributed by atoms with van der Waals surface area (Å²) in [7, 11) is 0. The summed E-state index contributed by atoms with van der Waals surface area (Å²) in [6.07, 6.45) is 1.53. The molecule has 1 heterocycles. The Morgan fingerprint density at radius 2 is 2.27 bits per heavy atom. The maximum atomic E-state index is 11.9. The molecule has 0 saturated heterocycles. The zero-order chi connectivity index (χ0) is 10.8. The van der Waals surface area contributed by atoms with Crippen LogP contribution in [-0.4, -0.2) is 16.1 Å². The normalized spacial score (nSPS) is 10.8. The molecule has 0 radical (unpaired) electrons. The predicted octanol–water partition coefficient (Wildman–Crippen LogP) is 1.12. The van der Waals surface area contributed by atoms with Crippen molar-refractivity contribution in [2.24, 2.45) is 5.73 Å². The van der Waals surface area contributed by atoms with Crippen molar-refractivity contribution in [1.82, 2.24) is 9.55 Å². The molecule has 1 aromatic heterocycles. The lowest BCUT2D eigenvalue weighted by atomic mass is 10.2. The summed E-state index contributed by atoms with van der Waals surface area (Å²) < 4.78 is 2.35. The van der Waals surface area contributed by atoms with Crippen LogP contribution in [0, 0.1) is 0 Å². The first-order valence-corrected chi connectivity index (χ1v) is 5.37. The molecule has 2 aromatic rings. The standard InChI is InChI=1S/C10H10BrN3O/c11-8-3-1-2-7-9(8)13-6-14(5-4-12)10(7)15/h1-3,6H,4-5,12H2. The number of fused-ring (bicyclic) bond motifs is 1. The number of aromatic nitrogens is 2. The van der Waals surface area contributed by atoms with E-state index in [9.17, 15) is 4.79 Å². The minimum Gasteiger partial charge on any atom is -0.329 e. The predicted molar refractivity (Wildman–Crippen MR) is 62.8 cm³/mol. The van der Waals surface area contributed by atoms with Gasteiger partial charge in [-0.15, -0.1) is 0 Å². The van der Waals surface area contributed by atoms with E-state index in [-0.39, 0.29) is 5.56 Å². The molecule has 0 aliphatic carbocycles. The smallest absolute Gasteiger partial charge is 0.261 e. The summed E-state index contributed by atoms with van der Waals surface area (Å²) in [5, 5.41) is 0.611. The minimum absolute atomic E-state index is 0.0493. The first kappa shape index (κ1) is 10.3. The molecule has 0 amide bonds. The maximum absolute atomic E-state index is 11.9. The average molecular weight is 268 g/mol. The van der Waals surface area contributed by atoms with Crippen molar-refractivity contribution < 1.29 is 0 Å². The van der Waals surface area contributed by atoms with Crippen LogP contribution in [-0.2, 0) is 6.54 Å². The third kappa shape index (κ3) is 1.80. The van der Waals surface area contributed by atoms with Gasteiger partial charge in [0.25, 0.3) is 5.56 Å². The van der Waals surface area contributed by atoms with Gasteiger partial charge in [-0.3, -0.25) is 9.36 Å². The molecule has 0 bridgehead atoms. The number of benzene rings is 1. The highest BCUT2D eigenvalue weighted by molar-refractivity contribution is 9.10. The van der Waals surface area contributed by atoms with Gasteiger partial charge >= 0.3 is 0 Å². The number of rotatable bonds is 2. The lowest BCUT2D eigenvalue weighted by Gasteiger charge is -2.05. The van der Waals surface area contributed by atoms with Gasteiger partial charge in [-0.05, 0) is 28.1 Å². The number of hydrogen-bond acceptors (Lipinski definition) is 3. The number of hydrogen-bond donors (Lipinski definition) is 1. The number of nitrogens with zero attached hydrogens (tertiary/aromatic N) is 2. The van der Waals surface area contributed by atoms with E-state index in [4.69, 9.17) is 5.73 Å². The van der Waals surface area contributed by atoms with Gasteiger partial charge in [0.2, 0.25) is 0 Å². The Morgan fingerprint density at radius 1 is 1.47 bits per heavy atom. The van der Waals surface area contributed by atoms with E-state index < -0.39 is 0 Å². The SMILES string of the molecule is NCCn1cnc2c(Br)cccc2c1=O. The Kier molecular flexibility index (Phi) is 2.83. The molecular formula is C10H10BrN3O. The molecule has 4 nitrogen and oxygen atoms in total. The topological polar surface area (TPSA) is 60.9 Å². The van der Waals surface area contributed by atoms with Crippen LogP contribution < -0.4 is 11.3 Å². The second-order valence-electron chi connectivity index (χ2n) is 3.17. The maximum Gasteiger partial charge on any atom is 0.261 e. The van der Waals surface area contributed by atoms with Crippen molar-refractivity contribution >= 4 is 26.8 Å². The summed E-state index contributed by atoms with van der Waals surface area (Å²) in [4.78, 5) is 16.1. The van der Waals surface area contributed by atoms with Crippen molar-refractivity contribution in [1.29, 1.82) is 0 Å². The minimum atomic E-state index is -0.0493. The Labute approximate surface area is 94.9 Å². The van der Waals surface area contributed by atoms with Crippen LogP contribution in [0.2, 0.25) is 0 Å². The van der Waals surface area contributed by atoms with E-state index in [1.807, 2.05) is 12.1 Å². The van der Waals surface area contributed by atoms with Crippen molar-refractivity contribution in [3.05, 3.63) is 39.4 Å². The zero-order valence-corrected chi connectivity index (χ0v) is 9.57. The number of nitrogens with two attached hydrogens (primary N) is 1. The highest BCUT2D eigenvalue weighted by Crippen LogP contribution is 2.18. The van der Waals surface area contributed by atoms with E-state index in [0.29, 0.717) is 24.0 Å². The number of para-hydroxylation sites is 1. The van der Waals surface area contributed by atoms with Gasteiger partial charge in [0.1, 0.15) is 0 Å². The first-order chi connectivity index (χ1) is 7.24. The van der Waals surface area contributed by atoms with Gasteiger partial charge in [-0.2, -0.15) is 0 Å². The van der Waals surface area contributed by atoms with Crippen molar-refractivity contribution in [3.8, 4) is 0 Å². The van der Waals surface area contributed by atoms with E-state index in [2.05, 4.69) is 20.9 Å². The van der Waals surface area contributed by atoms with Gasteiger partial charge in [-0.1, -0.05) is 6.07 Å². The van der Waals surface area contributed by atoms with Gasteiger partial charge < -0.3 is 5.73 Å². The Hall–Kier alpha value is -1.20. The highest BCUT2D eigenvalue weighted by atomic mass is 79.9. The average Bonchev–Trinajstić information content (AvgIpc) is 2.23. The van der Waals surface area contributed by atoms with E-state index >= 15 is 0 Å². The Bertz CT molecular complexity index is 550. The van der Waals surface area contributed by atoms with Crippen LogP contribution in [0.4, 0.5) is 0 Å². The zero-order valence-electron chi connectivity index (χ0n) is 7.98. The van der Waals surface area contributed by atoms with Gasteiger partial charge in [0, 0.05) is 17.6 Å². The van der Waals surface area contributed by atoms with Crippen molar-refractivity contribution in [3.63, 3.8) is 0 Å². The molecule has 1 aromatic carbocycles. The van der Waals surface area contributed by atoms with E-state index in [1.54, 1.807) is 6.07 Å². The second-order valence-corrected chi connectivity index (χ2v) is 4.02. The summed E-state index contributed by atoms with van der Waals surface area (Å²) in [5.41, 5.74) is 6.05. The van der Waals surface area contributed by atoms with Gasteiger partial charge in [-0.25, -0.2) is 4.98 Å². The summed E-state index contributed by atoms with van der Waals surface area (Å²) >= 11 is 3.36. The summed E-state index contributed by atoms with van der Waals surface area (Å²) in [6.45, 7) is 0.926. The molecule has 0 unspecified atom stereocenters. The monoisotopic (exact) mass is 267 g/mol. The van der Waals surface area contributed by atoms with Crippen LogP contribution in [0.25, 0.3) is 10.9 Å². The fraction of sp³-hybridized carbons (Fsp3) is 0.200.